The lowest BCUT2D eigenvalue weighted by Gasteiger charge is -2.04. The molecular formula is C13H13N3. The van der Waals surface area contributed by atoms with E-state index in [4.69, 9.17) is 0 Å². The Labute approximate surface area is 93.7 Å². The molecule has 0 spiro atoms. The van der Waals surface area contributed by atoms with Gasteiger partial charge in [-0.2, -0.15) is 0 Å². The van der Waals surface area contributed by atoms with Gasteiger partial charge in [-0.15, -0.1) is 0 Å². The third-order valence-corrected chi connectivity index (χ3v) is 2.82. The van der Waals surface area contributed by atoms with Crippen LogP contribution >= 0.6 is 0 Å². The molecule has 0 aliphatic carbocycles. The van der Waals surface area contributed by atoms with Crippen molar-refractivity contribution in [3.05, 3.63) is 36.8 Å². The van der Waals surface area contributed by atoms with Crippen molar-refractivity contribution in [3.8, 4) is 0 Å². The minimum Gasteiger partial charge on any atom is -0.330 e. The molecular weight excluding hydrogens is 198 g/mol. The molecule has 16 heavy (non-hydrogen) atoms. The Morgan fingerprint density at radius 3 is 2.88 bits per heavy atom. The molecule has 0 radical (unpaired) electrons. The predicted molar refractivity (Wildman–Crippen MR) is 65.3 cm³/mol. The summed E-state index contributed by atoms with van der Waals surface area (Å²) >= 11 is 0. The highest BCUT2D eigenvalue weighted by Crippen LogP contribution is 2.22. The zero-order chi connectivity index (χ0) is 11.0. The Balaban J connectivity index is 2.42. The highest BCUT2D eigenvalue weighted by molar-refractivity contribution is 6.01. The average Bonchev–Trinajstić information content (AvgIpc) is 2.73. The highest BCUT2D eigenvalue weighted by atomic mass is 15.0. The fraction of sp³-hybridized carbons (Fsp3) is 0.231. The van der Waals surface area contributed by atoms with Crippen molar-refractivity contribution in [1.29, 1.82) is 0 Å². The minimum atomic E-state index is 0.979. The lowest BCUT2D eigenvalue weighted by atomic mass is 10.2. The monoisotopic (exact) mass is 211 g/mol. The van der Waals surface area contributed by atoms with E-state index in [1.807, 2.05) is 30.7 Å². The Morgan fingerprint density at radius 1 is 1.12 bits per heavy atom. The number of imidazole rings is 1. The summed E-state index contributed by atoms with van der Waals surface area (Å²) in [4.78, 5) is 8.79. The third kappa shape index (κ3) is 1.28. The highest BCUT2D eigenvalue weighted by Gasteiger charge is 2.06. The fourth-order valence-corrected chi connectivity index (χ4v) is 2.11. The predicted octanol–water partition coefficient (Wildman–Crippen LogP) is 2.99. The molecule has 3 aromatic rings. The van der Waals surface area contributed by atoms with E-state index in [-0.39, 0.29) is 0 Å². The van der Waals surface area contributed by atoms with Crippen molar-refractivity contribution in [2.24, 2.45) is 0 Å². The lowest BCUT2D eigenvalue weighted by Crippen LogP contribution is -1.94. The van der Waals surface area contributed by atoms with Gasteiger partial charge in [-0.3, -0.25) is 4.98 Å². The fourth-order valence-electron chi connectivity index (χ4n) is 2.11. The van der Waals surface area contributed by atoms with Crippen molar-refractivity contribution in [1.82, 2.24) is 14.5 Å². The van der Waals surface area contributed by atoms with Gasteiger partial charge in [0.05, 0.1) is 23.6 Å². The van der Waals surface area contributed by atoms with Gasteiger partial charge in [-0.25, -0.2) is 4.98 Å². The van der Waals surface area contributed by atoms with Crippen LogP contribution in [0.2, 0.25) is 0 Å². The zero-order valence-corrected chi connectivity index (χ0v) is 9.22. The molecule has 0 fully saturated rings. The van der Waals surface area contributed by atoms with E-state index < -0.39 is 0 Å². The van der Waals surface area contributed by atoms with Crippen molar-refractivity contribution < 1.29 is 0 Å². The van der Waals surface area contributed by atoms with Gasteiger partial charge in [-0.1, -0.05) is 25.1 Å². The molecule has 0 aliphatic heterocycles. The first-order chi connectivity index (χ1) is 7.90. The molecule has 0 aliphatic rings. The molecule has 0 saturated carbocycles. The van der Waals surface area contributed by atoms with Crippen LogP contribution in [-0.4, -0.2) is 14.5 Å². The van der Waals surface area contributed by atoms with Gasteiger partial charge in [0.1, 0.15) is 5.52 Å². The molecule has 0 bridgehead atoms. The van der Waals surface area contributed by atoms with E-state index >= 15 is 0 Å². The maximum atomic E-state index is 4.41. The van der Waals surface area contributed by atoms with E-state index in [2.05, 4.69) is 27.5 Å². The summed E-state index contributed by atoms with van der Waals surface area (Å²) in [5, 5.41) is 1.19. The number of aromatic nitrogens is 3. The molecule has 0 N–H and O–H groups in total. The Bertz CT molecular complexity index is 640. The molecule has 3 nitrogen and oxygen atoms in total. The van der Waals surface area contributed by atoms with E-state index in [1.165, 1.54) is 10.9 Å². The van der Waals surface area contributed by atoms with Crippen LogP contribution in [0, 0.1) is 0 Å². The smallest absolute Gasteiger partial charge is 0.107 e. The molecule has 0 atom stereocenters. The van der Waals surface area contributed by atoms with Gasteiger partial charge < -0.3 is 4.57 Å². The van der Waals surface area contributed by atoms with Gasteiger partial charge >= 0.3 is 0 Å². The van der Waals surface area contributed by atoms with Gasteiger partial charge in [-0.05, 0) is 12.5 Å². The van der Waals surface area contributed by atoms with Crippen LogP contribution in [0.3, 0.4) is 0 Å². The van der Waals surface area contributed by atoms with E-state index in [9.17, 15) is 0 Å². The largest absolute Gasteiger partial charge is 0.330 e. The maximum absolute atomic E-state index is 4.41. The molecule has 2 heterocycles. The van der Waals surface area contributed by atoms with Crippen molar-refractivity contribution in [2.75, 3.05) is 0 Å². The number of rotatable bonds is 2. The topological polar surface area (TPSA) is 30.7 Å². The molecule has 1 aromatic carbocycles. The molecule has 0 amide bonds. The minimum absolute atomic E-state index is 0.979. The van der Waals surface area contributed by atoms with Crippen LogP contribution in [0.1, 0.15) is 13.3 Å². The summed E-state index contributed by atoms with van der Waals surface area (Å²) in [6, 6.07) is 8.21. The van der Waals surface area contributed by atoms with E-state index in [0.717, 1.165) is 24.0 Å². The Hall–Kier alpha value is -1.90. The van der Waals surface area contributed by atoms with Gasteiger partial charge in [0, 0.05) is 11.9 Å². The first-order valence-electron chi connectivity index (χ1n) is 5.58. The molecule has 3 heteroatoms. The molecule has 3 rings (SSSR count). The van der Waals surface area contributed by atoms with E-state index in [1.54, 1.807) is 0 Å². The molecule has 2 aromatic heterocycles. The number of pyridine rings is 1. The van der Waals surface area contributed by atoms with Crippen LogP contribution < -0.4 is 0 Å². The summed E-state index contributed by atoms with van der Waals surface area (Å²) in [6.07, 6.45) is 4.87. The van der Waals surface area contributed by atoms with E-state index in [0.29, 0.717) is 0 Å². The third-order valence-electron chi connectivity index (χ3n) is 2.82. The number of para-hydroxylation sites is 1. The lowest BCUT2D eigenvalue weighted by molar-refractivity contribution is 0.698. The summed E-state index contributed by atoms with van der Waals surface area (Å²) in [6.45, 7) is 3.18. The molecule has 0 unspecified atom stereocenters. The second-order valence-corrected chi connectivity index (χ2v) is 3.95. The standard InChI is InChI=1S/C13H13N3/c1-2-7-16-9-15-12-8-14-11-6-4-3-5-10(11)13(12)16/h3-6,8-9H,2,7H2,1H3. The SMILES string of the molecule is CCCn1cnc2cnc3ccccc3c21. The first kappa shape index (κ1) is 9.33. The number of nitrogens with zero attached hydrogens (tertiary/aromatic N) is 3. The van der Waals surface area contributed by atoms with Gasteiger partial charge in [0.2, 0.25) is 0 Å². The summed E-state index contributed by atoms with van der Waals surface area (Å²) < 4.78 is 2.21. The molecule has 80 valence electrons. The molecule has 0 saturated heterocycles. The quantitative estimate of drug-likeness (QED) is 0.652. The van der Waals surface area contributed by atoms with Crippen LogP contribution in [0.4, 0.5) is 0 Å². The van der Waals surface area contributed by atoms with Crippen molar-refractivity contribution >= 4 is 21.9 Å². The number of benzene rings is 1. The maximum Gasteiger partial charge on any atom is 0.107 e. The summed E-state index contributed by atoms with van der Waals surface area (Å²) in [7, 11) is 0. The second-order valence-electron chi connectivity index (χ2n) is 3.95. The van der Waals surface area contributed by atoms with Crippen LogP contribution in [0.5, 0.6) is 0 Å². The second kappa shape index (κ2) is 3.59. The number of aryl methyl sites for hydroxylation is 1. The number of fused-ring (bicyclic) bond motifs is 3. The Kier molecular flexibility index (Phi) is 2.10. The number of hydrogen-bond acceptors (Lipinski definition) is 2. The summed E-state index contributed by atoms with van der Waals surface area (Å²) in [5.74, 6) is 0. The Morgan fingerprint density at radius 2 is 2.00 bits per heavy atom. The summed E-state index contributed by atoms with van der Waals surface area (Å²) in [5.41, 5.74) is 3.22. The normalized spacial score (nSPS) is 11.3. The van der Waals surface area contributed by atoms with Crippen LogP contribution in [0.25, 0.3) is 21.9 Å². The van der Waals surface area contributed by atoms with Gasteiger partial charge in [0.15, 0.2) is 0 Å². The first-order valence-corrected chi connectivity index (χ1v) is 5.58. The zero-order valence-electron chi connectivity index (χ0n) is 9.22. The number of hydrogen-bond donors (Lipinski definition) is 0. The van der Waals surface area contributed by atoms with Crippen molar-refractivity contribution in [3.63, 3.8) is 0 Å². The average molecular weight is 211 g/mol. The van der Waals surface area contributed by atoms with Crippen molar-refractivity contribution in [2.45, 2.75) is 19.9 Å². The van der Waals surface area contributed by atoms with Crippen LogP contribution in [0.15, 0.2) is 36.8 Å². The van der Waals surface area contributed by atoms with Gasteiger partial charge in [0.25, 0.3) is 0 Å². The van der Waals surface area contributed by atoms with Crippen LogP contribution in [-0.2, 0) is 6.54 Å².